The first-order valence-electron chi connectivity index (χ1n) is 8.43. The zero-order valence-corrected chi connectivity index (χ0v) is 17.1. The monoisotopic (exact) mass is 435 g/mol. The molecule has 2 aromatic rings. The van der Waals surface area contributed by atoms with Crippen LogP contribution in [0.1, 0.15) is 34.3 Å². The van der Waals surface area contributed by atoms with Crippen molar-refractivity contribution in [3.05, 3.63) is 52.4 Å². The zero-order valence-electron chi connectivity index (χ0n) is 15.5. The van der Waals surface area contributed by atoms with Gasteiger partial charge in [-0.2, -0.15) is 0 Å². The maximum absolute atomic E-state index is 12.8. The first kappa shape index (κ1) is 20.7. The minimum absolute atomic E-state index is 0.0981. The number of anilines is 1. The largest absolute Gasteiger partial charge is 0.444 e. The van der Waals surface area contributed by atoms with Crippen molar-refractivity contribution >= 4 is 39.3 Å². The van der Waals surface area contributed by atoms with Crippen LogP contribution in [0, 0.1) is 0 Å². The van der Waals surface area contributed by atoms with Crippen molar-refractivity contribution in [3.63, 3.8) is 0 Å². The topological polar surface area (TPSA) is 82.9 Å². The van der Waals surface area contributed by atoms with Crippen LogP contribution in [0.25, 0.3) is 0 Å². The molecule has 3 amide bonds. The molecule has 0 aliphatic rings. The molecule has 2 rings (SSSR count). The molecule has 1 aromatic carbocycles. The molecule has 0 unspecified atom stereocenters. The maximum Gasteiger partial charge on any atom is 0.293 e. The van der Waals surface area contributed by atoms with E-state index in [0.717, 1.165) is 0 Å². The molecule has 0 aliphatic carbocycles. The molecule has 0 saturated carbocycles. The minimum atomic E-state index is -0.353. The van der Waals surface area contributed by atoms with Gasteiger partial charge in [-0.05, 0) is 46.6 Å². The number of amides is 3. The lowest BCUT2D eigenvalue weighted by molar-refractivity contribution is -0.118. The van der Waals surface area contributed by atoms with Crippen molar-refractivity contribution in [2.75, 3.05) is 32.1 Å². The highest BCUT2D eigenvalue weighted by molar-refractivity contribution is 9.10. The predicted octanol–water partition coefficient (Wildman–Crippen LogP) is 2.92. The van der Waals surface area contributed by atoms with Crippen LogP contribution in [0.5, 0.6) is 0 Å². The summed E-state index contributed by atoms with van der Waals surface area (Å²) in [4.78, 5) is 39.3. The van der Waals surface area contributed by atoms with Gasteiger partial charge in [0.15, 0.2) is 10.4 Å². The Hall–Kier alpha value is -2.61. The van der Waals surface area contributed by atoms with Gasteiger partial charge in [-0.3, -0.25) is 14.4 Å². The summed E-state index contributed by atoms with van der Waals surface area (Å²) in [5.74, 6) is -0.475. The van der Waals surface area contributed by atoms with Crippen LogP contribution >= 0.6 is 15.9 Å². The number of furan rings is 1. The van der Waals surface area contributed by atoms with Gasteiger partial charge in [0.1, 0.15) is 0 Å². The lowest BCUT2D eigenvalue weighted by Crippen LogP contribution is -2.33. The lowest BCUT2D eigenvalue weighted by atomic mass is 10.1. The summed E-state index contributed by atoms with van der Waals surface area (Å²) in [6, 6.07) is 10.1. The van der Waals surface area contributed by atoms with Crippen LogP contribution < -0.4 is 10.2 Å². The Morgan fingerprint density at radius 1 is 1.07 bits per heavy atom. The van der Waals surface area contributed by atoms with Crippen LogP contribution in [0.3, 0.4) is 0 Å². The molecule has 8 heteroatoms. The fraction of sp³-hybridized carbons (Fsp3) is 0.316. The van der Waals surface area contributed by atoms with Crippen molar-refractivity contribution in [1.29, 1.82) is 0 Å². The fourth-order valence-electron chi connectivity index (χ4n) is 2.54. The van der Waals surface area contributed by atoms with E-state index in [2.05, 4.69) is 21.2 Å². The quantitative estimate of drug-likeness (QED) is 0.677. The van der Waals surface area contributed by atoms with Gasteiger partial charge in [0.25, 0.3) is 11.8 Å². The maximum atomic E-state index is 12.8. The first-order valence-corrected chi connectivity index (χ1v) is 9.23. The molecule has 0 atom stereocenters. The molecule has 1 N–H and O–H groups in total. The van der Waals surface area contributed by atoms with Gasteiger partial charge in [0, 0.05) is 34.1 Å². The van der Waals surface area contributed by atoms with Gasteiger partial charge in [-0.25, -0.2) is 0 Å². The Balaban J connectivity index is 2.13. The Labute approximate surface area is 166 Å². The molecular formula is C19H22BrN3O4. The van der Waals surface area contributed by atoms with E-state index in [0.29, 0.717) is 35.4 Å². The number of carbonyl (C=O) groups is 3. The molecule has 0 saturated heterocycles. The van der Waals surface area contributed by atoms with E-state index in [9.17, 15) is 14.4 Å². The van der Waals surface area contributed by atoms with Crippen LogP contribution in [0.4, 0.5) is 5.69 Å². The summed E-state index contributed by atoms with van der Waals surface area (Å²) in [6.07, 6.45) is 0.638. The summed E-state index contributed by atoms with van der Waals surface area (Å²) in [5, 5.41) is 2.70. The molecule has 0 aliphatic heterocycles. The highest BCUT2D eigenvalue weighted by Crippen LogP contribution is 2.24. The van der Waals surface area contributed by atoms with Gasteiger partial charge in [-0.1, -0.05) is 12.1 Å². The Kier molecular flexibility index (Phi) is 7.18. The third kappa shape index (κ3) is 5.43. The van der Waals surface area contributed by atoms with Gasteiger partial charge in [-0.15, -0.1) is 0 Å². The molecule has 0 fully saturated rings. The van der Waals surface area contributed by atoms with Gasteiger partial charge in [0.2, 0.25) is 5.91 Å². The summed E-state index contributed by atoms with van der Waals surface area (Å²) in [6.45, 7) is 2.44. The Morgan fingerprint density at radius 3 is 2.41 bits per heavy atom. The number of halogens is 1. The van der Waals surface area contributed by atoms with E-state index in [1.54, 1.807) is 55.4 Å². The SMILES string of the molecule is CC(=O)NCCCN(C)C(=O)c1ccccc1N(C)C(=O)c1ccc(Br)o1. The number of hydrogen-bond acceptors (Lipinski definition) is 4. The lowest BCUT2D eigenvalue weighted by Gasteiger charge is -2.23. The van der Waals surface area contributed by atoms with E-state index >= 15 is 0 Å². The van der Waals surface area contributed by atoms with Gasteiger partial charge < -0.3 is 19.5 Å². The standard InChI is InChI=1S/C19H22BrN3O4/c1-13(24)21-11-6-12-22(2)18(25)14-7-4-5-8-15(14)23(3)19(26)16-9-10-17(20)27-16/h4-5,7-10H,6,11-12H2,1-3H3,(H,21,24). The van der Waals surface area contributed by atoms with E-state index in [1.807, 2.05) is 0 Å². The molecule has 144 valence electrons. The highest BCUT2D eigenvalue weighted by atomic mass is 79.9. The van der Waals surface area contributed by atoms with Crippen molar-refractivity contribution < 1.29 is 18.8 Å². The zero-order chi connectivity index (χ0) is 20.0. The van der Waals surface area contributed by atoms with Gasteiger partial charge >= 0.3 is 0 Å². The highest BCUT2D eigenvalue weighted by Gasteiger charge is 2.23. The summed E-state index contributed by atoms with van der Waals surface area (Å²) in [5.41, 5.74) is 0.912. The summed E-state index contributed by atoms with van der Waals surface area (Å²) < 4.78 is 5.78. The number of hydrogen-bond donors (Lipinski definition) is 1. The van der Waals surface area contributed by atoms with E-state index in [1.165, 1.54) is 11.8 Å². The van der Waals surface area contributed by atoms with E-state index in [-0.39, 0.29) is 23.5 Å². The van der Waals surface area contributed by atoms with E-state index in [4.69, 9.17) is 4.42 Å². The van der Waals surface area contributed by atoms with Crippen molar-refractivity contribution in [2.24, 2.45) is 0 Å². The van der Waals surface area contributed by atoms with E-state index < -0.39 is 0 Å². The second-order valence-corrected chi connectivity index (χ2v) is 6.83. The average Bonchev–Trinajstić information content (AvgIpc) is 3.09. The normalized spacial score (nSPS) is 10.4. The summed E-state index contributed by atoms with van der Waals surface area (Å²) >= 11 is 3.18. The average molecular weight is 436 g/mol. The smallest absolute Gasteiger partial charge is 0.293 e. The third-order valence-electron chi connectivity index (χ3n) is 3.98. The molecule has 1 heterocycles. The number of rotatable bonds is 7. The van der Waals surface area contributed by atoms with Crippen molar-refractivity contribution in [1.82, 2.24) is 10.2 Å². The third-order valence-corrected chi connectivity index (χ3v) is 4.40. The fourth-order valence-corrected chi connectivity index (χ4v) is 2.85. The molecule has 7 nitrogen and oxygen atoms in total. The van der Waals surface area contributed by atoms with Crippen molar-refractivity contribution in [3.8, 4) is 0 Å². The second kappa shape index (κ2) is 9.36. The Morgan fingerprint density at radius 2 is 1.78 bits per heavy atom. The summed E-state index contributed by atoms with van der Waals surface area (Å²) in [7, 11) is 3.29. The second-order valence-electron chi connectivity index (χ2n) is 6.05. The molecule has 1 aromatic heterocycles. The van der Waals surface area contributed by atoms with Crippen molar-refractivity contribution in [2.45, 2.75) is 13.3 Å². The minimum Gasteiger partial charge on any atom is -0.444 e. The van der Waals surface area contributed by atoms with Crippen LogP contribution in [0.15, 0.2) is 45.5 Å². The number of benzene rings is 1. The number of para-hydroxylation sites is 1. The molecular weight excluding hydrogens is 414 g/mol. The molecule has 0 radical (unpaired) electrons. The van der Waals surface area contributed by atoms with Crippen LogP contribution in [-0.2, 0) is 4.79 Å². The van der Waals surface area contributed by atoms with Crippen LogP contribution in [-0.4, -0.2) is 49.8 Å². The van der Waals surface area contributed by atoms with Crippen LogP contribution in [0.2, 0.25) is 0 Å². The van der Waals surface area contributed by atoms with Gasteiger partial charge in [0.05, 0.1) is 11.3 Å². The molecule has 0 bridgehead atoms. The number of carbonyl (C=O) groups excluding carboxylic acids is 3. The predicted molar refractivity (Wildman–Crippen MR) is 106 cm³/mol. The first-order chi connectivity index (χ1) is 12.8. The number of nitrogens with zero attached hydrogens (tertiary/aromatic N) is 2. The molecule has 27 heavy (non-hydrogen) atoms. The molecule has 0 spiro atoms. The number of nitrogens with one attached hydrogen (secondary N) is 1. The Bertz CT molecular complexity index is 834.